The summed E-state index contributed by atoms with van der Waals surface area (Å²) in [6.45, 7) is 3.40. The minimum atomic E-state index is -1.29. The van der Waals surface area contributed by atoms with Gasteiger partial charge in [0.25, 0.3) is 5.91 Å². The highest BCUT2D eigenvalue weighted by Gasteiger charge is 2.34. The molecule has 4 amide bonds. The highest BCUT2D eigenvalue weighted by molar-refractivity contribution is 6.41. The first-order chi connectivity index (χ1) is 27.7. The Labute approximate surface area is 336 Å². The summed E-state index contributed by atoms with van der Waals surface area (Å²) in [5.74, 6) is 0.690. The number of nitrogens with two attached hydrogens (primary N) is 3. The van der Waals surface area contributed by atoms with Crippen LogP contribution in [0.1, 0.15) is 54.6 Å². The maximum absolute atomic E-state index is 13.8. The second-order valence-electron chi connectivity index (χ2n) is 14.4. The minimum Gasteiger partial charge on any atom is -0.361 e. The van der Waals surface area contributed by atoms with E-state index in [1.54, 1.807) is 36.5 Å². The number of halogens is 1. The smallest absolute Gasteiger partial charge is 0.251 e. The fourth-order valence-electron chi connectivity index (χ4n) is 6.35. The average Bonchev–Trinajstić information content (AvgIpc) is 3.61. The van der Waals surface area contributed by atoms with Gasteiger partial charge in [-0.3, -0.25) is 39.9 Å². The monoisotopic (exact) mass is 800 g/mol. The molecule has 0 aliphatic rings. The standard InChI is InChI=1S/C41H53FN10O6/c1-24(2)19-33(49-35(53)23-48-39(57)34(20-25-9-4-3-5-10-25)51-38(56)26-14-16-28(42)17-15-26)40(58)50-31(13-8-18-46-41(43)44)36(54)37(55)32(52-45)21-27-22-47-30-12-7-6-11-29(27)30/h3-7,9-12,14-17,22,24,31-34,41,46-47,52H,8,13,18-21,23,43-45H2,1-2H3,(H,48,57)(H,49,53)(H,50,58)(H,51,56)/t31-,32-,33-,34-/m0/s1. The fourth-order valence-corrected chi connectivity index (χ4v) is 6.35. The van der Waals surface area contributed by atoms with Crippen LogP contribution in [0.2, 0.25) is 0 Å². The lowest BCUT2D eigenvalue weighted by atomic mass is 9.94. The molecule has 13 N–H and O–H groups in total. The molecule has 0 aliphatic carbocycles. The van der Waals surface area contributed by atoms with E-state index in [-0.39, 0.29) is 43.7 Å². The third-order valence-corrected chi connectivity index (χ3v) is 9.33. The van der Waals surface area contributed by atoms with Crippen molar-refractivity contribution in [1.82, 2.24) is 37.0 Å². The zero-order chi connectivity index (χ0) is 42.2. The molecule has 4 aromatic rings. The summed E-state index contributed by atoms with van der Waals surface area (Å²) < 4.78 is 13.5. The van der Waals surface area contributed by atoms with Crippen molar-refractivity contribution in [1.29, 1.82) is 0 Å². The maximum atomic E-state index is 13.8. The highest BCUT2D eigenvalue weighted by Crippen LogP contribution is 2.20. The molecule has 0 saturated carbocycles. The molecule has 0 aliphatic heterocycles. The van der Waals surface area contributed by atoms with E-state index < -0.39 is 78.0 Å². The zero-order valence-electron chi connectivity index (χ0n) is 32.6. The number of para-hydroxylation sites is 1. The second kappa shape index (κ2) is 22.2. The summed E-state index contributed by atoms with van der Waals surface area (Å²) in [6.07, 6.45) is 1.58. The van der Waals surface area contributed by atoms with Gasteiger partial charge in [0.1, 0.15) is 24.2 Å². The van der Waals surface area contributed by atoms with Gasteiger partial charge in [-0.1, -0.05) is 62.4 Å². The van der Waals surface area contributed by atoms with Crippen LogP contribution in [0.15, 0.2) is 85.1 Å². The van der Waals surface area contributed by atoms with Gasteiger partial charge in [-0.15, -0.1) is 0 Å². The van der Waals surface area contributed by atoms with Crippen molar-refractivity contribution in [2.45, 2.75) is 76.4 Å². The van der Waals surface area contributed by atoms with Crippen LogP contribution in [-0.2, 0) is 36.8 Å². The predicted octanol–water partition coefficient (Wildman–Crippen LogP) is 0.564. The van der Waals surface area contributed by atoms with Crippen LogP contribution >= 0.6 is 0 Å². The topological polar surface area (TPSA) is 268 Å². The largest absolute Gasteiger partial charge is 0.361 e. The first-order valence-corrected chi connectivity index (χ1v) is 19.1. The van der Waals surface area contributed by atoms with Crippen LogP contribution in [0.4, 0.5) is 4.39 Å². The number of fused-ring (bicyclic) bond motifs is 1. The van der Waals surface area contributed by atoms with Gasteiger partial charge in [0.05, 0.1) is 18.6 Å². The van der Waals surface area contributed by atoms with Gasteiger partial charge < -0.3 is 37.7 Å². The van der Waals surface area contributed by atoms with E-state index in [2.05, 4.69) is 37.0 Å². The van der Waals surface area contributed by atoms with Crippen molar-refractivity contribution in [2.75, 3.05) is 13.1 Å². The normalized spacial score (nSPS) is 13.4. The van der Waals surface area contributed by atoms with Crippen molar-refractivity contribution in [3.63, 3.8) is 0 Å². The van der Waals surface area contributed by atoms with E-state index >= 15 is 0 Å². The third kappa shape index (κ3) is 13.7. The van der Waals surface area contributed by atoms with Gasteiger partial charge in [0.2, 0.25) is 29.3 Å². The van der Waals surface area contributed by atoms with Crippen LogP contribution in [0.25, 0.3) is 10.9 Å². The van der Waals surface area contributed by atoms with Crippen molar-refractivity contribution in [3.8, 4) is 0 Å². The number of benzene rings is 3. The molecule has 4 rings (SSSR count). The first-order valence-electron chi connectivity index (χ1n) is 19.1. The number of Topliss-reactive ketones (excluding diaryl/α,β-unsaturated/α-hetero) is 2. The number of aromatic amines is 1. The van der Waals surface area contributed by atoms with Gasteiger partial charge in [-0.25, -0.2) is 9.82 Å². The SMILES string of the molecule is CC(C)C[C@H](NC(=O)CNC(=O)[C@H](Cc1ccccc1)NC(=O)c1ccc(F)cc1)C(=O)N[C@@H](CCCNC(N)N)C(=O)C(=O)[C@H](Cc1c[nH]c2ccccc12)NN. The van der Waals surface area contributed by atoms with Gasteiger partial charge >= 0.3 is 0 Å². The molecule has 0 fully saturated rings. The van der Waals surface area contributed by atoms with Crippen LogP contribution < -0.4 is 49.3 Å². The Morgan fingerprint density at radius 2 is 1.41 bits per heavy atom. The summed E-state index contributed by atoms with van der Waals surface area (Å²) in [5.41, 5.74) is 16.1. The third-order valence-electron chi connectivity index (χ3n) is 9.33. The number of aromatic nitrogens is 1. The summed E-state index contributed by atoms with van der Waals surface area (Å²) in [6, 6.07) is 16.5. The number of H-pyrrole nitrogens is 1. The number of hydrazine groups is 1. The Hall–Kier alpha value is -5.85. The molecular weight excluding hydrogens is 748 g/mol. The zero-order valence-corrected chi connectivity index (χ0v) is 32.6. The molecule has 310 valence electrons. The van der Waals surface area contributed by atoms with E-state index in [9.17, 15) is 33.2 Å². The number of hydrogen-bond acceptors (Lipinski definition) is 11. The van der Waals surface area contributed by atoms with E-state index in [1.807, 2.05) is 38.1 Å². The van der Waals surface area contributed by atoms with E-state index in [0.717, 1.165) is 34.2 Å². The molecule has 0 unspecified atom stereocenters. The van der Waals surface area contributed by atoms with E-state index in [4.69, 9.17) is 17.3 Å². The maximum Gasteiger partial charge on any atom is 0.251 e. The molecule has 0 spiro atoms. The Bertz CT molecular complexity index is 2010. The quantitative estimate of drug-likeness (QED) is 0.0163. The molecule has 58 heavy (non-hydrogen) atoms. The van der Waals surface area contributed by atoms with Gasteiger partial charge in [0, 0.05) is 29.1 Å². The summed E-state index contributed by atoms with van der Waals surface area (Å²) in [5, 5.41) is 14.2. The molecular formula is C41H53FN10O6. The molecule has 16 nitrogen and oxygen atoms in total. The predicted molar refractivity (Wildman–Crippen MR) is 217 cm³/mol. The molecule has 1 heterocycles. The second-order valence-corrected chi connectivity index (χ2v) is 14.4. The molecule has 17 heteroatoms. The summed E-state index contributed by atoms with van der Waals surface area (Å²) in [4.78, 5) is 84.1. The fraction of sp³-hybridized carbons (Fsp3) is 0.366. The van der Waals surface area contributed by atoms with E-state index in [0.29, 0.717) is 6.42 Å². The number of ketones is 2. The molecule has 0 saturated heterocycles. The molecule has 4 atom stereocenters. The Kier molecular flexibility index (Phi) is 17.2. The number of carbonyl (C=O) groups excluding carboxylic acids is 6. The lowest BCUT2D eigenvalue weighted by Gasteiger charge is -2.25. The van der Waals surface area contributed by atoms with Crippen molar-refractivity contribution in [3.05, 3.63) is 108 Å². The highest BCUT2D eigenvalue weighted by atomic mass is 19.1. The number of rotatable bonds is 23. The van der Waals surface area contributed by atoms with E-state index in [1.165, 1.54) is 12.1 Å². The van der Waals surface area contributed by atoms with Gasteiger partial charge in [0.15, 0.2) is 0 Å². The summed E-state index contributed by atoms with van der Waals surface area (Å²) >= 11 is 0. The minimum absolute atomic E-state index is 0.0330. The number of hydrogen-bond donors (Lipinski definition) is 10. The van der Waals surface area contributed by atoms with Crippen LogP contribution in [0, 0.1) is 11.7 Å². The Morgan fingerprint density at radius 3 is 2.09 bits per heavy atom. The van der Waals surface area contributed by atoms with Gasteiger partial charge in [-0.2, -0.15) is 0 Å². The number of carbonyl (C=O) groups is 6. The van der Waals surface area contributed by atoms with Crippen LogP contribution in [-0.4, -0.2) is 83.7 Å². The van der Waals surface area contributed by atoms with Crippen LogP contribution in [0.3, 0.4) is 0 Å². The van der Waals surface area contributed by atoms with Crippen molar-refractivity contribution >= 4 is 46.1 Å². The first kappa shape index (κ1) is 44.9. The molecule has 1 aromatic heterocycles. The Balaban J connectivity index is 1.44. The molecule has 0 radical (unpaired) electrons. The lowest BCUT2D eigenvalue weighted by Crippen LogP contribution is -2.57. The number of nitrogens with one attached hydrogen (secondary N) is 7. The lowest BCUT2D eigenvalue weighted by molar-refractivity contribution is -0.140. The molecule has 0 bridgehead atoms. The van der Waals surface area contributed by atoms with Crippen molar-refractivity contribution < 1.29 is 33.2 Å². The van der Waals surface area contributed by atoms with Crippen LogP contribution in [0.5, 0.6) is 0 Å². The van der Waals surface area contributed by atoms with Gasteiger partial charge in [-0.05, 0) is 79.6 Å². The Morgan fingerprint density at radius 1 is 0.741 bits per heavy atom. The van der Waals surface area contributed by atoms with Crippen molar-refractivity contribution in [2.24, 2.45) is 23.2 Å². The summed E-state index contributed by atoms with van der Waals surface area (Å²) in [7, 11) is 0. The average molecular weight is 801 g/mol. The number of amides is 4. The molecule has 3 aromatic carbocycles.